The van der Waals surface area contributed by atoms with E-state index in [0.717, 1.165) is 27.8 Å². The van der Waals surface area contributed by atoms with Crippen molar-refractivity contribution < 1.29 is 4.74 Å². The molecule has 0 bridgehead atoms. The van der Waals surface area contributed by atoms with Gasteiger partial charge in [-0.15, -0.1) is 11.3 Å². The summed E-state index contributed by atoms with van der Waals surface area (Å²) in [5.74, 6) is 1.31. The molecule has 0 spiro atoms. The summed E-state index contributed by atoms with van der Waals surface area (Å²) in [5.41, 5.74) is 2.48. The van der Waals surface area contributed by atoms with Crippen LogP contribution in [-0.4, -0.2) is 24.5 Å². The number of hydrogen-bond acceptors (Lipinski definition) is 7. The Morgan fingerprint density at radius 2 is 1.91 bits per heavy atom. The Hall–Kier alpha value is -3.10. The number of hydrogen-bond donors (Lipinski definition) is 0. The highest BCUT2D eigenvalue weighted by molar-refractivity contribution is 7.09. The van der Waals surface area contributed by atoms with Gasteiger partial charge in [0.05, 0.1) is 22.1 Å². The van der Waals surface area contributed by atoms with Crippen LogP contribution in [0.1, 0.15) is 43.1 Å². The maximum absolute atomic E-state index is 13.1. The maximum Gasteiger partial charge on any atom is 0.280 e. The van der Waals surface area contributed by atoms with Gasteiger partial charge in [-0.25, -0.2) is 15.0 Å². The molecule has 0 atom stereocenters. The number of rotatable bonds is 5. The van der Waals surface area contributed by atoms with Crippen LogP contribution in [0.4, 0.5) is 0 Å². The van der Waals surface area contributed by atoms with Crippen LogP contribution in [-0.2, 0) is 12.0 Å². The second-order valence-electron chi connectivity index (χ2n) is 8.63. The average Bonchev–Trinajstić information content (AvgIpc) is 3.20. The van der Waals surface area contributed by atoms with Gasteiger partial charge in [0.2, 0.25) is 5.88 Å². The molecule has 0 saturated heterocycles. The molecular formula is C24H24ClN5O2S. The Bertz CT molecular complexity index is 1370. The van der Waals surface area contributed by atoms with E-state index in [0.29, 0.717) is 11.5 Å². The fourth-order valence-corrected chi connectivity index (χ4v) is 4.06. The average molecular weight is 482 g/mol. The number of nitrogens with zero attached hydrogens (tertiary/aromatic N) is 5. The van der Waals surface area contributed by atoms with Crippen molar-refractivity contribution in [1.82, 2.24) is 24.5 Å². The molecule has 0 radical (unpaired) electrons. The topological polar surface area (TPSA) is 82.8 Å². The van der Waals surface area contributed by atoms with Crippen molar-refractivity contribution in [3.8, 4) is 22.8 Å². The highest BCUT2D eigenvalue weighted by Crippen LogP contribution is 2.25. The lowest BCUT2D eigenvalue weighted by atomic mass is 9.95. The number of halogens is 1. The van der Waals surface area contributed by atoms with Crippen LogP contribution in [0.15, 0.2) is 46.7 Å². The van der Waals surface area contributed by atoms with Crippen molar-refractivity contribution in [2.24, 2.45) is 0 Å². The smallest absolute Gasteiger partial charge is 0.280 e. The Balaban J connectivity index is 1.69. The second-order valence-corrected chi connectivity index (χ2v) is 10.1. The van der Waals surface area contributed by atoms with Gasteiger partial charge < -0.3 is 4.74 Å². The van der Waals surface area contributed by atoms with Gasteiger partial charge in [0.1, 0.15) is 18.3 Å². The summed E-state index contributed by atoms with van der Waals surface area (Å²) in [6.45, 7) is 10.1. The Morgan fingerprint density at radius 1 is 1.12 bits per heavy atom. The summed E-state index contributed by atoms with van der Waals surface area (Å²) in [6.07, 6.45) is 1.75. The van der Waals surface area contributed by atoms with Gasteiger partial charge in [-0.3, -0.25) is 9.36 Å². The van der Waals surface area contributed by atoms with Crippen molar-refractivity contribution >= 4 is 22.9 Å². The van der Waals surface area contributed by atoms with Crippen LogP contribution in [0, 0.1) is 13.8 Å². The van der Waals surface area contributed by atoms with Crippen molar-refractivity contribution in [2.75, 3.05) is 0 Å². The number of ether oxygens (including phenoxy) is 1. The molecule has 4 aromatic rings. The Labute approximate surface area is 201 Å². The predicted molar refractivity (Wildman–Crippen MR) is 130 cm³/mol. The quantitative estimate of drug-likeness (QED) is 0.385. The lowest BCUT2D eigenvalue weighted by molar-refractivity contribution is 0.287. The minimum absolute atomic E-state index is 0.0741. The summed E-state index contributed by atoms with van der Waals surface area (Å²) in [6, 6.07) is 9.39. The Kier molecular flexibility index (Phi) is 6.32. The van der Waals surface area contributed by atoms with Crippen LogP contribution in [0.2, 0.25) is 5.02 Å². The number of aryl methyl sites for hydroxylation is 2. The van der Waals surface area contributed by atoms with E-state index < -0.39 is 5.56 Å². The molecule has 0 aliphatic carbocycles. The van der Waals surface area contributed by atoms with Gasteiger partial charge in [0, 0.05) is 22.6 Å². The standard InChI is InChI=1S/C24H24ClN5O2S/c1-14-27-21(32-12-17-13-33-15(2)28-17)20(25)22(31)30(14)18-8-6-7-16(11-18)19-9-10-26-23(29-19)24(3,4)5/h6-11,13H,12H2,1-5H3. The molecular weight excluding hydrogens is 458 g/mol. The first-order chi connectivity index (χ1) is 15.6. The van der Waals surface area contributed by atoms with Gasteiger partial charge in [0.15, 0.2) is 5.02 Å². The molecule has 0 unspecified atom stereocenters. The van der Waals surface area contributed by atoms with E-state index >= 15 is 0 Å². The zero-order valence-electron chi connectivity index (χ0n) is 19.1. The fraction of sp³-hybridized carbons (Fsp3) is 0.292. The van der Waals surface area contributed by atoms with E-state index in [1.807, 2.05) is 42.6 Å². The third-order valence-corrected chi connectivity index (χ3v) is 6.06. The predicted octanol–water partition coefficient (Wildman–Crippen LogP) is 5.29. The summed E-state index contributed by atoms with van der Waals surface area (Å²) >= 11 is 7.89. The van der Waals surface area contributed by atoms with Gasteiger partial charge in [0.25, 0.3) is 5.56 Å². The lowest BCUT2D eigenvalue weighted by Gasteiger charge is -2.17. The third-order valence-electron chi connectivity index (χ3n) is 4.92. The molecule has 170 valence electrons. The Morgan fingerprint density at radius 3 is 2.61 bits per heavy atom. The second kappa shape index (κ2) is 9.03. The molecule has 33 heavy (non-hydrogen) atoms. The number of benzene rings is 1. The highest BCUT2D eigenvalue weighted by atomic mass is 35.5. The zero-order chi connectivity index (χ0) is 23.8. The summed E-state index contributed by atoms with van der Waals surface area (Å²) in [4.78, 5) is 31.0. The summed E-state index contributed by atoms with van der Waals surface area (Å²) in [5, 5.41) is 2.77. The van der Waals surface area contributed by atoms with E-state index in [-0.39, 0.29) is 22.9 Å². The van der Waals surface area contributed by atoms with E-state index in [9.17, 15) is 4.79 Å². The fourth-order valence-electron chi connectivity index (χ4n) is 3.28. The number of aromatic nitrogens is 5. The first kappa shape index (κ1) is 23.1. The molecule has 0 N–H and O–H groups in total. The first-order valence-electron chi connectivity index (χ1n) is 10.4. The summed E-state index contributed by atoms with van der Waals surface area (Å²) in [7, 11) is 0. The van der Waals surface area contributed by atoms with E-state index in [1.54, 1.807) is 13.1 Å². The van der Waals surface area contributed by atoms with Gasteiger partial charge in [-0.05, 0) is 32.0 Å². The normalized spacial score (nSPS) is 11.6. The van der Waals surface area contributed by atoms with Crippen molar-refractivity contribution in [2.45, 2.75) is 46.6 Å². The molecule has 0 aliphatic heterocycles. The van der Waals surface area contributed by atoms with Crippen LogP contribution < -0.4 is 10.3 Å². The largest absolute Gasteiger partial charge is 0.470 e. The van der Waals surface area contributed by atoms with Crippen LogP contribution in [0.25, 0.3) is 16.9 Å². The molecule has 9 heteroatoms. The highest BCUT2D eigenvalue weighted by Gasteiger charge is 2.19. The van der Waals surface area contributed by atoms with E-state index in [2.05, 4.69) is 35.7 Å². The lowest BCUT2D eigenvalue weighted by Crippen LogP contribution is -2.23. The molecule has 0 aliphatic rings. The minimum atomic E-state index is -0.399. The monoisotopic (exact) mass is 481 g/mol. The van der Waals surface area contributed by atoms with Gasteiger partial charge in [-0.1, -0.05) is 44.5 Å². The third kappa shape index (κ3) is 4.96. The molecule has 4 rings (SSSR count). The van der Waals surface area contributed by atoms with Crippen LogP contribution in [0.3, 0.4) is 0 Å². The molecule has 1 aromatic carbocycles. The zero-order valence-corrected chi connectivity index (χ0v) is 20.7. The van der Waals surface area contributed by atoms with E-state index in [4.69, 9.17) is 21.3 Å². The molecule has 0 amide bonds. The molecule has 0 fully saturated rings. The van der Waals surface area contributed by atoms with Crippen molar-refractivity contribution in [3.05, 3.63) is 79.6 Å². The van der Waals surface area contributed by atoms with Crippen LogP contribution in [0.5, 0.6) is 5.88 Å². The van der Waals surface area contributed by atoms with Gasteiger partial charge >= 0.3 is 0 Å². The molecule has 3 aromatic heterocycles. The molecule has 0 saturated carbocycles. The first-order valence-corrected chi connectivity index (χ1v) is 11.7. The SMILES string of the molecule is Cc1nc(COc2nc(C)n(-c3cccc(-c4ccnc(C(C)(C)C)n4)c3)c(=O)c2Cl)cs1. The molecule has 3 heterocycles. The number of thiazole rings is 1. The van der Waals surface area contributed by atoms with Crippen LogP contribution >= 0.6 is 22.9 Å². The molecule has 7 nitrogen and oxygen atoms in total. The summed E-state index contributed by atoms with van der Waals surface area (Å²) < 4.78 is 7.17. The van der Waals surface area contributed by atoms with Crippen molar-refractivity contribution in [1.29, 1.82) is 0 Å². The van der Waals surface area contributed by atoms with E-state index in [1.165, 1.54) is 15.9 Å². The minimum Gasteiger partial charge on any atom is -0.470 e. The maximum atomic E-state index is 13.1. The van der Waals surface area contributed by atoms with Crippen molar-refractivity contribution in [3.63, 3.8) is 0 Å². The van der Waals surface area contributed by atoms with Gasteiger partial charge in [-0.2, -0.15) is 4.98 Å².